The Morgan fingerprint density at radius 2 is 2.12 bits per heavy atom. The molecule has 128 valence electrons. The van der Waals surface area contributed by atoms with Gasteiger partial charge in [0, 0.05) is 54.9 Å². The van der Waals surface area contributed by atoms with Crippen molar-refractivity contribution in [2.24, 2.45) is 7.05 Å². The van der Waals surface area contributed by atoms with Crippen molar-refractivity contribution in [3.8, 4) is 0 Å². The second-order valence-corrected chi connectivity index (χ2v) is 6.36. The summed E-state index contributed by atoms with van der Waals surface area (Å²) in [6.07, 6.45) is 2.88. The van der Waals surface area contributed by atoms with Gasteiger partial charge in [0.2, 0.25) is 5.91 Å². The molecule has 0 bridgehead atoms. The molecule has 0 fully saturated rings. The Bertz CT molecular complexity index is 986. The smallest absolute Gasteiger partial charge is 0.356 e. The van der Waals surface area contributed by atoms with Crippen molar-refractivity contribution in [1.29, 1.82) is 0 Å². The number of amides is 1. The molecule has 3 aromatic rings. The number of hydrogen-bond acceptors (Lipinski definition) is 3. The Kier molecular flexibility index (Phi) is 3.56. The number of fused-ring (bicyclic) bond motifs is 2. The molecular formula is C18H18N4O3. The van der Waals surface area contributed by atoms with E-state index in [0.717, 1.165) is 22.2 Å². The van der Waals surface area contributed by atoms with Crippen LogP contribution in [0.15, 0.2) is 30.5 Å². The summed E-state index contributed by atoms with van der Waals surface area (Å²) in [4.78, 5) is 25.7. The summed E-state index contributed by atoms with van der Waals surface area (Å²) in [5.41, 5.74) is 3.52. The van der Waals surface area contributed by atoms with Crippen LogP contribution in [0.5, 0.6) is 0 Å². The highest BCUT2D eigenvalue weighted by Crippen LogP contribution is 2.24. The minimum absolute atomic E-state index is 0.000424. The second-order valence-electron chi connectivity index (χ2n) is 6.36. The highest BCUT2D eigenvalue weighted by molar-refractivity contribution is 5.90. The fraction of sp³-hybridized carbons (Fsp3) is 0.278. The summed E-state index contributed by atoms with van der Waals surface area (Å²) in [7, 11) is 1.97. The molecule has 0 spiro atoms. The monoisotopic (exact) mass is 338 g/mol. The first kappa shape index (κ1) is 15.4. The van der Waals surface area contributed by atoms with Crippen LogP contribution in [0.3, 0.4) is 0 Å². The van der Waals surface area contributed by atoms with Crippen molar-refractivity contribution in [1.82, 2.24) is 19.7 Å². The van der Waals surface area contributed by atoms with Gasteiger partial charge in [0.05, 0.1) is 6.42 Å². The van der Waals surface area contributed by atoms with E-state index < -0.39 is 5.97 Å². The number of para-hydroxylation sites is 1. The largest absolute Gasteiger partial charge is 0.476 e. The zero-order valence-electron chi connectivity index (χ0n) is 13.8. The lowest BCUT2D eigenvalue weighted by atomic mass is 10.0. The molecule has 1 aliphatic rings. The summed E-state index contributed by atoms with van der Waals surface area (Å²) in [6.45, 7) is 0.856. The molecule has 2 N–H and O–H groups in total. The molecule has 4 rings (SSSR count). The van der Waals surface area contributed by atoms with E-state index in [4.69, 9.17) is 0 Å². The van der Waals surface area contributed by atoms with E-state index in [9.17, 15) is 14.7 Å². The molecule has 0 atom stereocenters. The predicted octanol–water partition coefficient (Wildman–Crippen LogP) is 1.73. The van der Waals surface area contributed by atoms with Gasteiger partial charge in [-0.25, -0.2) is 4.79 Å². The van der Waals surface area contributed by atoms with Gasteiger partial charge in [-0.3, -0.25) is 9.89 Å². The Hall–Kier alpha value is -3.09. The maximum absolute atomic E-state index is 12.8. The van der Waals surface area contributed by atoms with Crippen LogP contribution in [0.25, 0.3) is 10.9 Å². The minimum atomic E-state index is -1.07. The number of nitrogens with one attached hydrogen (secondary N) is 1. The number of aromatic nitrogens is 3. The zero-order valence-corrected chi connectivity index (χ0v) is 13.8. The van der Waals surface area contributed by atoms with Gasteiger partial charge < -0.3 is 14.6 Å². The van der Waals surface area contributed by atoms with E-state index in [1.54, 1.807) is 4.90 Å². The van der Waals surface area contributed by atoms with Crippen LogP contribution in [0.2, 0.25) is 0 Å². The average molecular weight is 338 g/mol. The van der Waals surface area contributed by atoms with Crippen LogP contribution in [0.1, 0.15) is 27.3 Å². The molecule has 7 nitrogen and oxygen atoms in total. The lowest BCUT2D eigenvalue weighted by Crippen LogP contribution is -2.37. The van der Waals surface area contributed by atoms with E-state index in [2.05, 4.69) is 10.2 Å². The summed E-state index contributed by atoms with van der Waals surface area (Å²) in [5.74, 6) is -1.07. The molecule has 0 aliphatic carbocycles. The number of aromatic amines is 1. The van der Waals surface area contributed by atoms with Crippen LogP contribution in [-0.2, 0) is 31.2 Å². The van der Waals surface area contributed by atoms with Gasteiger partial charge in [-0.15, -0.1) is 0 Å². The van der Waals surface area contributed by atoms with Gasteiger partial charge >= 0.3 is 5.97 Å². The van der Waals surface area contributed by atoms with Crippen LogP contribution < -0.4 is 0 Å². The van der Waals surface area contributed by atoms with Gasteiger partial charge in [0.15, 0.2) is 5.69 Å². The van der Waals surface area contributed by atoms with E-state index in [1.807, 2.05) is 42.1 Å². The van der Waals surface area contributed by atoms with Crippen LogP contribution >= 0.6 is 0 Å². The molecule has 25 heavy (non-hydrogen) atoms. The minimum Gasteiger partial charge on any atom is -0.476 e. The predicted molar refractivity (Wildman–Crippen MR) is 91.3 cm³/mol. The number of nitrogens with zero attached hydrogens (tertiary/aromatic N) is 3. The summed E-state index contributed by atoms with van der Waals surface area (Å²) in [5, 5.41) is 16.9. The number of aromatic carboxylic acids is 1. The summed E-state index contributed by atoms with van der Waals surface area (Å²) in [6, 6.07) is 7.99. The number of carbonyl (C=O) groups is 2. The second kappa shape index (κ2) is 5.77. The molecule has 3 heterocycles. The molecule has 0 saturated heterocycles. The maximum atomic E-state index is 12.8. The first-order valence-corrected chi connectivity index (χ1v) is 8.14. The molecule has 0 saturated carbocycles. The normalized spacial score (nSPS) is 13.9. The molecule has 1 amide bonds. The maximum Gasteiger partial charge on any atom is 0.356 e. The fourth-order valence-corrected chi connectivity index (χ4v) is 3.53. The highest BCUT2D eigenvalue weighted by Gasteiger charge is 2.28. The number of carboxylic acids is 1. The Balaban J connectivity index is 1.57. The third-order valence-corrected chi connectivity index (χ3v) is 4.81. The number of rotatable bonds is 3. The van der Waals surface area contributed by atoms with Gasteiger partial charge in [0.1, 0.15) is 0 Å². The number of benzene rings is 1. The lowest BCUT2D eigenvalue weighted by Gasteiger charge is -2.27. The molecule has 7 heteroatoms. The van der Waals surface area contributed by atoms with Crippen molar-refractivity contribution >= 4 is 22.8 Å². The van der Waals surface area contributed by atoms with Crippen molar-refractivity contribution in [2.75, 3.05) is 6.54 Å². The highest BCUT2D eigenvalue weighted by atomic mass is 16.4. The zero-order chi connectivity index (χ0) is 17.6. The van der Waals surface area contributed by atoms with E-state index in [1.165, 1.54) is 0 Å². The third kappa shape index (κ3) is 2.57. The number of H-pyrrole nitrogens is 1. The molecule has 1 aliphatic heterocycles. The van der Waals surface area contributed by atoms with Gasteiger partial charge in [0.25, 0.3) is 0 Å². The molecule has 2 aromatic heterocycles. The number of carboxylic acid groups (broad SMARTS) is 1. The van der Waals surface area contributed by atoms with Crippen molar-refractivity contribution in [3.05, 3.63) is 53.0 Å². The standard InChI is InChI=1S/C18H18N4O3/c1-21-9-11(12-4-2-3-5-15(12)21)8-16(23)22-7-6-14-13(10-22)17(18(24)25)20-19-14/h2-5,9H,6-8,10H2,1H3,(H,19,20)(H,24,25). The number of carbonyl (C=O) groups excluding carboxylic acids is 1. The van der Waals surface area contributed by atoms with Crippen LogP contribution in [0.4, 0.5) is 0 Å². The van der Waals surface area contributed by atoms with Crippen molar-refractivity contribution in [3.63, 3.8) is 0 Å². The van der Waals surface area contributed by atoms with E-state index in [0.29, 0.717) is 24.9 Å². The SMILES string of the molecule is Cn1cc(CC(=O)N2CCc3[nH]nc(C(=O)O)c3C2)c2ccccc21. The van der Waals surface area contributed by atoms with Crippen LogP contribution in [-0.4, -0.2) is 43.2 Å². The van der Waals surface area contributed by atoms with Gasteiger partial charge in [-0.05, 0) is 11.6 Å². The van der Waals surface area contributed by atoms with Crippen molar-refractivity contribution < 1.29 is 14.7 Å². The molecular weight excluding hydrogens is 320 g/mol. The van der Waals surface area contributed by atoms with Crippen molar-refractivity contribution in [2.45, 2.75) is 19.4 Å². The molecule has 0 unspecified atom stereocenters. The van der Waals surface area contributed by atoms with Gasteiger partial charge in [-0.1, -0.05) is 18.2 Å². The topological polar surface area (TPSA) is 91.2 Å². The summed E-state index contributed by atoms with van der Waals surface area (Å²) >= 11 is 0. The Morgan fingerprint density at radius 1 is 1.32 bits per heavy atom. The fourth-order valence-electron chi connectivity index (χ4n) is 3.53. The Morgan fingerprint density at radius 3 is 2.92 bits per heavy atom. The molecule has 0 radical (unpaired) electrons. The average Bonchev–Trinajstić information content (AvgIpc) is 3.16. The Labute approximate surface area is 143 Å². The molecule has 1 aromatic carbocycles. The first-order chi connectivity index (χ1) is 12.0. The van der Waals surface area contributed by atoms with Gasteiger partial charge in [-0.2, -0.15) is 5.10 Å². The first-order valence-electron chi connectivity index (χ1n) is 8.14. The van der Waals surface area contributed by atoms with E-state index >= 15 is 0 Å². The van der Waals surface area contributed by atoms with E-state index in [-0.39, 0.29) is 18.1 Å². The lowest BCUT2D eigenvalue weighted by molar-refractivity contribution is -0.131. The number of hydrogen-bond donors (Lipinski definition) is 2. The third-order valence-electron chi connectivity index (χ3n) is 4.81. The number of aryl methyl sites for hydroxylation is 1. The van der Waals surface area contributed by atoms with Crippen LogP contribution in [0, 0.1) is 0 Å². The quantitative estimate of drug-likeness (QED) is 0.761. The summed E-state index contributed by atoms with van der Waals surface area (Å²) < 4.78 is 2.02.